The SMILES string of the molecule is Cc1cccc(-c2cnc(N3CCCNCC3)nc2)c1. The van der Waals surface area contributed by atoms with Crippen molar-refractivity contribution in [1.82, 2.24) is 15.3 Å². The zero-order valence-corrected chi connectivity index (χ0v) is 11.8. The first-order chi connectivity index (χ1) is 9.83. The Kier molecular flexibility index (Phi) is 3.92. The lowest BCUT2D eigenvalue weighted by molar-refractivity contribution is 0.724. The molecule has 1 aliphatic heterocycles. The minimum absolute atomic E-state index is 0.838. The monoisotopic (exact) mass is 268 g/mol. The van der Waals surface area contributed by atoms with Gasteiger partial charge in [-0.15, -0.1) is 0 Å². The predicted octanol–water partition coefficient (Wildman–Crippen LogP) is 2.25. The van der Waals surface area contributed by atoms with Crippen molar-refractivity contribution in [3.05, 3.63) is 42.2 Å². The van der Waals surface area contributed by atoms with Crippen LogP contribution in [0.3, 0.4) is 0 Å². The average molecular weight is 268 g/mol. The minimum atomic E-state index is 0.838. The van der Waals surface area contributed by atoms with Gasteiger partial charge in [-0.05, 0) is 25.5 Å². The van der Waals surface area contributed by atoms with Crippen molar-refractivity contribution in [2.75, 3.05) is 31.1 Å². The summed E-state index contributed by atoms with van der Waals surface area (Å²) in [6, 6.07) is 8.43. The normalized spacial score (nSPS) is 15.9. The van der Waals surface area contributed by atoms with E-state index in [-0.39, 0.29) is 0 Å². The fraction of sp³-hybridized carbons (Fsp3) is 0.375. The van der Waals surface area contributed by atoms with Gasteiger partial charge in [-0.25, -0.2) is 9.97 Å². The second-order valence-electron chi connectivity index (χ2n) is 5.23. The van der Waals surface area contributed by atoms with Gasteiger partial charge in [-0.3, -0.25) is 0 Å². The van der Waals surface area contributed by atoms with Gasteiger partial charge in [0.25, 0.3) is 0 Å². The van der Waals surface area contributed by atoms with Gasteiger partial charge in [0.2, 0.25) is 5.95 Å². The largest absolute Gasteiger partial charge is 0.340 e. The van der Waals surface area contributed by atoms with E-state index in [0.717, 1.165) is 44.1 Å². The number of nitrogens with zero attached hydrogens (tertiary/aromatic N) is 3. The fourth-order valence-corrected chi connectivity index (χ4v) is 2.50. The molecule has 0 bridgehead atoms. The maximum absolute atomic E-state index is 4.54. The maximum Gasteiger partial charge on any atom is 0.225 e. The Morgan fingerprint density at radius 3 is 2.70 bits per heavy atom. The Bertz CT molecular complexity index is 557. The summed E-state index contributed by atoms with van der Waals surface area (Å²) in [6.07, 6.45) is 4.99. The van der Waals surface area contributed by atoms with E-state index < -0.39 is 0 Å². The number of rotatable bonds is 2. The maximum atomic E-state index is 4.54. The van der Waals surface area contributed by atoms with Crippen LogP contribution in [0.1, 0.15) is 12.0 Å². The number of benzene rings is 1. The molecule has 1 aromatic heterocycles. The van der Waals surface area contributed by atoms with E-state index in [9.17, 15) is 0 Å². The summed E-state index contributed by atoms with van der Waals surface area (Å²) in [5.74, 6) is 0.838. The molecule has 1 aliphatic rings. The van der Waals surface area contributed by atoms with E-state index in [4.69, 9.17) is 0 Å². The van der Waals surface area contributed by atoms with Crippen molar-refractivity contribution in [2.45, 2.75) is 13.3 Å². The van der Waals surface area contributed by atoms with Gasteiger partial charge >= 0.3 is 0 Å². The molecule has 0 atom stereocenters. The standard InChI is InChI=1S/C16H20N4/c1-13-4-2-5-14(10-13)15-11-18-16(19-12-15)20-8-3-6-17-7-9-20/h2,4-5,10-12,17H,3,6-9H2,1H3. The van der Waals surface area contributed by atoms with Gasteiger partial charge in [0, 0.05) is 37.6 Å². The molecule has 2 heterocycles. The molecule has 0 amide bonds. The van der Waals surface area contributed by atoms with E-state index in [1.54, 1.807) is 0 Å². The van der Waals surface area contributed by atoms with Crippen molar-refractivity contribution < 1.29 is 0 Å². The molecule has 20 heavy (non-hydrogen) atoms. The first kappa shape index (κ1) is 13.1. The van der Waals surface area contributed by atoms with Crippen LogP contribution in [-0.4, -0.2) is 36.1 Å². The van der Waals surface area contributed by atoms with Gasteiger partial charge in [0.05, 0.1) is 0 Å². The molecule has 1 fully saturated rings. The molecule has 0 unspecified atom stereocenters. The summed E-state index contributed by atoms with van der Waals surface area (Å²) in [5, 5.41) is 3.39. The third-order valence-electron chi connectivity index (χ3n) is 3.61. The number of aryl methyl sites for hydroxylation is 1. The molecule has 0 spiro atoms. The lowest BCUT2D eigenvalue weighted by Crippen LogP contribution is -2.29. The van der Waals surface area contributed by atoms with Crippen molar-refractivity contribution in [1.29, 1.82) is 0 Å². The zero-order valence-electron chi connectivity index (χ0n) is 11.8. The lowest BCUT2D eigenvalue weighted by Gasteiger charge is -2.19. The quantitative estimate of drug-likeness (QED) is 0.907. The van der Waals surface area contributed by atoms with Crippen LogP contribution in [0.25, 0.3) is 11.1 Å². The van der Waals surface area contributed by atoms with Crippen LogP contribution in [0.15, 0.2) is 36.7 Å². The first-order valence-corrected chi connectivity index (χ1v) is 7.18. The Hall–Kier alpha value is -1.94. The molecule has 0 saturated carbocycles. The van der Waals surface area contributed by atoms with Crippen LogP contribution in [0.2, 0.25) is 0 Å². The van der Waals surface area contributed by atoms with E-state index in [0.29, 0.717) is 0 Å². The van der Waals surface area contributed by atoms with E-state index in [1.807, 2.05) is 12.4 Å². The summed E-state index contributed by atoms with van der Waals surface area (Å²) in [7, 11) is 0. The second-order valence-corrected chi connectivity index (χ2v) is 5.23. The summed E-state index contributed by atoms with van der Waals surface area (Å²) in [6.45, 7) is 6.18. The minimum Gasteiger partial charge on any atom is -0.340 e. The van der Waals surface area contributed by atoms with E-state index in [1.165, 1.54) is 11.1 Å². The van der Waals surface area contributed by atoms with Crippen molar-refractivity contribution in [3.63, 3.8) is 0 Å². The first-order valence-electron chi connectivity index (χ1n) is 7.18. The predicted molar refractivity (Wildman–Crippen MR) is 81.9 cm³/mol. The van der Waals surface area contributed by atoms with Gasteiger partial charge in [-0.1, -0.05) is 29.8 Å². The molecule has 4 heteroatoms. The number of hydrogen-bond acceptors (Lipinski definition) is 4. The average Bonchev–Trinajstić information content (AvgIpc) is 2.76. The summed E-state index contributed by atoms with van der Waals surface area (Å²) >= 11 is 0. The van der Waals surface area contributed by atoms with Gasteiger partial charge in [-0.2, -0.15) is 0 Å². The van der Waals surface area contributed by atoms with E-state index in [2.05, 4.69) is 51.4 Å². The highest BCUT2D eigenvalue weighted by atomic mass is 15.3. The van der Waals surface area contributed by atoms with Gasteiger partial charge in [0.1, 0.15) is 0 Å². The molecule has 1 aromatic carbocycles. The number of anilines is 1. The summed E-state index contributed by atoms with van der Waals surface area (Å²) < 4.78 is 0. The van der Waals surface area contributed by atoms with Crippen LogP contribution in [0.5, 0.6) is 0 Å². The molecular formula is C16H20N4. The Balaban J connectivity index is 1.80. The smallest absolute Gasteiger partial charge is 0.225 e. The highest BCUT2D eigenvalue weighted by molar-refractivity contribution is 5.62. The molecule has 2 aromatic rings. The van der Waals surface area contributed by atoms with Crippen molar-refractivity contribution >= 4 is 5.95 Å². The molecule has 1 saturated heterocycles. The molecule has 4 nitrogen and oxygen atoms in total. The van der Waals surface area contributed by atoms with Crippen LogP contribution in [0.4, 0.5) is 5.95 Å². The lowest BCUT2D eigenvalue weighted by atomic mass is 10.1. The molecule has 3 rings (SSSR count). The third kappa shape index (κ3) is 2.96. The van der Waals surface area contributed by atoms with Crippen LogP contribution >= 0.6 is 0 Å². The zero-order chi connectivity index (χ0) is 13.8. The Morgan fingerprint density at radius 1 is 1.05 bits per heavy atom. The molecular weight excluding hydrogens is 248 g/mol. The highest BCUT2D eigenvalue weighted by Gasteiger charge is 2.11. The highest BCUT2D eigenvalue weighted by Crippen LogP contribution is 2.20. The number of aromatic nitrogens is 2. The number of hydrogen-bond donors (Lipinski definition) is 1. The fourth-order valence-electron chi connectivity index (χ4n) is 2.50. The second kappa shape index (κ2) is 6.01. The van der Waals surface area contributed by atoms with Gasteiger partial charge in [0.15, 0.2) is 0 Å². The number of nitrogens with one attached hydrogen (secondary N) is 1. The Labute approximate surface area is 119 Å². The molecule has 104 valence electrons. The van der Waals surface area contributed by atoms with Crippen molar-refractivity contribution in [3.8, 4) is 11.1 Å². The third-order valence-corrected chi connectivity index (χ3v) is 3.61. The topological polar surface area (TPSA) is 41.1 Å². The van der Waals surface area contributed by atoms with Crippen LogP contribution in [-0.2, 0) is 0 Å². The van der Waals surface area contributed by atoms with Crippen LogP contribution in [0, 0.1) is 6.92 Å². The van der Waals surface area contributed by atoms with E-state index >= 15 is 0 Å². The van der Waals surface area contributed by atoms with Crippen molar-refractivity contribution in [2.24, 2.45) is 0 Å². The molecule has 0 radical (unpaired) electrons. The summed E-state index contributed by atoms with van der Waals surface area (Å²) in [4.78, 5) is 11.3. The van der Waals surface area contributed by atoms with Gasteiger partial charge < -0.3 is 10.2 Å². The molecule has 0 aliphatic carbocycles. The Morgan fingerprint density at radius 2 is 1.90 bits per heavy atom. The summed E-state index contributed by atoms with van der Waals surface area (Å²) in [5.41, 5.74) is 3.50. The molecule has 1 N–H and O–H groups in total. The van der Waals surface area contributed by atoms with Crippen LogP contribution < -0.4 is 10.2 Å².